The zero-order valence-electron chi connectivity index (χ0n) is 10.4. The van der Waals surface area contributed by atoms with Crippen LogP contribution in [0.2, 0.25) is 0 Å². The number of aromatic carboxylic acids is 1. The summed E-state index contributed by atoms with van der Waals surface area (Å²) in [4.78, 5) is 15.0. The van der Waals surface area contributed by atoms with E-state index in [9.17, 15) is 9.35 Å². The van der Waals surface area contributed by atoms with Gasteiger partial charge >= 0.3 is 5.97 Å². The third-order valence-electron chi connectivity index (χ3n) is 2.56. The summed E-state index contributed by atoms with van der Waals surface area (Å²) in [7, 11) is 0. The lowest BCUT2D eigenvalue weighted by atomic mass is 9.87. The van der Waals surface area contributed by atoms with Gasteiger partial charge in [-0.05, 0) is 37.5 Å². The SMILES string of the molecule is CC[S@@+]([O-])c1cc(C(C)(C)C#N)cnc1C(=O)O. The molecule has 0 aliphatic carbocycles. The number of hydrogen-bond acceptors (Lipinski definition) is 4. The number of nitrogens with zero attached hydrogens (tertiary/aromatic N) is 2. The van der Waals surface area contributed by atoms with Crippen molar-refractivity contribution >= 4 is 17.1 Å². The van der Waals surface area contributed by atoms with Crippen LogP contribution in [0.1, 0.15) is 36.8 Å². The van der Waals surface area contributed by atoms with Gasteiger partial charge in [-0.2, -0.15) is 5.26 Å². The normalized spacial score (nSPS) is 12.8. The van der Waals surface area contributed by atoms with E-state index in [0.29, 0.717) is 11.3 Å². The predicted molar refractivity (Wildman–Crippen MR) is 66.8 cm³/mol. The number of pyridine rings is 1. The Labute approximate surface area is 109 Å². The van der Waals surface area contributed by atoms with Crippen LogP contribution in [0, 0.1) is 11.3 Å². The molecule has 1 N–H and O–H groups in total. The highest BCUT2D eigenvalue weighted by Crippen LogP contribution is 2.26. The first-order valence-corrected chi connectivity index (χ1v) is 6.68. The van der Waals surface area contributed by atoms with Crippen molar-refractivity contribution in [2.24, 2.45) is 0 Å². The molecule has 0 amide bonds. The van der Waals surface area contributed by atoms with Crippen molar-refractivity contribution in [3.05, 3.63) is 23.5 Å². The monoisotopic (exact) mass is 266 g/mol. The standard InChI is InChI=1S/C12H14N2O3S/c1-4-18(17)9-5-8(12(2,3)7-13)6-14-10(9)11(15)16/h5-6H,4H2,1-3H3,(H,15,16)/t18-/m1/s1. The van der Waals surface area contributed by atoms with Crippen LogP contribution in [0.15, 0.2) is 17.2 Å². The van der Waals surface area contributed by atoms with Crippen molar-refractivity contribution < 1.29 is 14.5 Å². The smallest absolute Gasteiger partial charge is 0.359 e. The van der Waals surface area contributed by atoms with Gasteiger partial charge in [0, 0.05) is 12.3 Å². The van der Waals surface area contributed by atoms with E-state index in [0.717, 1.165) is 0 Å². The van der Waals surface area contributed by atoms with E-state index in [2.05, 4.69) is 11.1 Å². The number of carbonyl (C=O) groups is 1. The average Bonchev–Trinajstić information content (AvgIpc) is 2.36. The summed E-state index contributed by atoms with van der Waals surface area (Å²) in [5.41, 5.74) is -0.448. The Balaban J connectivity index is 3.40. The first kappa shape index (κ1) is 14.5. The molecule has 1 heterocycles. The van der Waals surface area contributed by atoms with Gasteiger partial charge < -0.3 is 9.66 Å². The molecule has 5 nitrogen and oxygen atoms in total. The summed E-state index contributed by atoms with van der Waals surface area (Å²) >= 11 is -1.42. The van der Waals surface area contributed by atoms with Crippen LogP contribution in [0.3, 0.4) is 0 Å². The van der Waals surface area contributed by atoms with E-state index in [1.165, 1.54) is 12.3 Å². The Morgan fingerprint density at radius 2 is 2.28 bits per heavy atom. The molecular formula is C12H14N2O3S. The van der Waals surface area contributed by atoms with E-state index in [-0.39, 0.29) is 10.6 Å². The first-order chi connectivity index (χ1) is 8.33. The number of hydrogen-bond donors (Lipinski definition) is 1. The molecule has 0 bridgehead atoms. The van der Waals surface area contributed by atoms with Crippen LogP contribution in [0.4, 0.5) is 0 Å². The highest BCUT2D eigenvalue weighted by Gasteiger charge is 2.27. The molecule has 0 fully saturated rings. The molecule has 1 atom stereocenters. The van der Waals surface area contributed by atoms with Crippen molar-refractivity contribution in [2.45, 2.75) is 31.1 Å². The fourth-order valence-corrected chi connectivity index (χ4v) is 2.27. The van der Waals surface area contributed by atoms with E-state index < -0.39 is 22.6 Å². The van der Waals surface area contributed by atoms with Crippen LogP contribution in [-0.4, -0.2) is 26.4 Å². The molecule has 1 aromatic heterocycles. The van der Waals surface area contributed by atoms with Crippen molar-refractivity contribution in [2.75, 3.05) is 5.75 Å². The van der Waals surface area contributed by atoms with Crippen LogP contribution < -0.4 is 0 Å². The molecule has 0 saturated heterocycles. The molecule has 96 valence electrons. The van der Waals surface area contributed by atoms with Crippen molar-refractivity contribution in [3.8, 4) is 6.07 Å². The van der Waals surface area contributed by atoms with Gasteiger partial charge in [0.25, 0.3) is 0 Å². The van der Waals surface area contributed by atoms with Gasteiger partial charge in [0.1, 0.15) is 5.75 Å². The van der Waals surface area contributed by atoms with Gasteiger partial charge in [-0.15, -0.1) is 0 Å². The Bertz CT molecular complexity index is 509. The molecule has 0 unspecified atom stereocenters. The predicted octanol–water partition coefficient (Wildman–Crippen LogP) is 1.71. The second kappa shape index (κ2) is 5.38. The molecule has 0 aliphatic heterocycles. The minimum absolute atomic E-state index is 0.172. The van der Waals surface area contributed by atoms with Gasteiger partial charge in [-0.1, -0.05) is 0 Å². The Morgan fingerprint density at radius 3 is 2.72 bits per heavy atom. The maximum absolute atomic E-state index is 11.8. The molecule has 1 rings (SSSR count). The summed E-state index contributed by atoms with van der Waals surface area (Å²) in [6, 6.07) is 3.60. The highest BCUT2D eigenvalue weighted by atomic mass is 32.2. The summed E-state index contributed by atoms with van der Waals surface area (Å²) < 4.78 is 11.8. The molecule has 6 heteroatoms. The number of aromatic nitrogens is 1. The maximum Gasteiger partial charge on any atom is 0.359 e. The second-order valence-corrected chi connectivity index (χ2v) is 5.96. The lowest BCUT2D eigenvalue weighted by molar-refractivity contribution is 0.0686. The maximum atomic E-state index is 11.8. The number of carboxylic acid groups (broad SMARTS) is 1. The van der Waals surface area contributed by atoms with Crippen molar-refractivity contribution in [3.63, 3.8) is 0 Å². The molecule has 0 spiro atoms. The lowest BCUT2D eigenvalue weighted by Gasteiger charge is -2.17. The van der Waals surface area contributed by atoms with Crippen LogP contribution >= 0.6 is 0 Å². The van der Waals surface area contributed by atoms with Gasteiger partial charge in [0.05, 0.1) is 11.5 Å². The van der Waals surface area contributed by atoms with Gasteiger partial charge in [0.15, 0.2) is 4.90 Å². The average molecular weight is 266 g/mol. The van der Waals surface area contributed by atoms with Gasteiger partial charge in [-0.3, -0.25) is 0 Å². The van der Waals surface area contributed by atoms with Gasteiger partial charge in [0.2, 0.25) is 5.69 Å². The van der Waals surface area contributed by atoms with Crippen molar-refractivity contribution in [1.29, 1.82) is 5.26 Å². The first-order valence-electron chi connectivity index (χ1n) is 5.37. The van der Waals surface area contributed by atoms with Crippen LogP contribution in [-0.2, 0) is 16.6 Å². The van der Waals surface area contributed by atoms with Crippen LogP contribution in [0.5, 0.6) is 0 Å². The molecular weight excluding hydrogens is 252 g/mol. The van der Waals surface area contributed by atoms with E-state index in [1.54, 1.807) is 20.8 Å². The summed E-state index contributed by atoms with van der Waals surface area (Å²) in [5, 5.41) is 18.0. The zero-order valence-corrected chi connectivity index (χ0v) is 11.2. The fraction of sp³-hybridized carbons (Fsp3) is 0.417. The number of rotatable bonds is 4. The summed E-state index contributed by atoms with van der Waals surface area (Å²) in [5.74, 6) is -0.911. The minimum atomic E-state index is -1.42. The zero-order chi connectivity index (χ0) is 13.9. The quantitative estimate of drug-likeness (QED) is 0.837. The molecule has 0 aromatic carbocycles. The summed E-state index contributed by atoms with van der Waals surface area (Å²) in [6.45, 7) is 5.09. The lowest BCUT2D eigenvalue weighted by Crippen LogP contribution is -2.19. The fourth-order valence-electron chi connectivity index (χ4n) is 1.34. The van der Waals surface area contributed by atoms with Crippen molar-refractivity contribution in [1.82, 2.24) is 4.98 Å². The molecule has 1 aromatic rings. The molecule has 0 saturated carbocycles. The van der Waals surface area contributed by atoms with E-state index >= 15 is 0 Å². The second-order valence-electron chi connectivity index (χ2n) is 4.25. The minimum Gasteiger partial charge on any atom is -0.611 e. The third-order valence-corrected chi connectivity index (χ3v) is 3.89. The third kappa shape index (κ3) is 2.81. The largest absolute Gasteiger partial charge is 0.611 e. The Morgan fingerprint density at radius 1 is 1.67 bits per heavy atom. The number of carboxylic acids is 1. The summed E-state index contributed by atoms with van der Waals surface area (Å²) in [6.07, 6.45) is 1.35. The van der Waals surface area contributed by atoms with E-state index in [1.807, 2.05) is 0 Å². The molecule has 0 aliphatic rings. The molecule has 0 radical (unpaired) electrons. The van der Waals surface area contributed by atoms with E-state index in [4.69, 9.17) is 10.4 Å². The molecule has 18 heavy (non-hydrogen) atoms. The highest BCUT2D eigenvalue weighted by molar-refractivity contribution is 7.91. The van der Waals surface area contributed by atoms with Gasteiger partial charge in [-0.25, -0.2) is 9.78 Å². The Kier molecular flexibility index (Phi) is 4.33. The van der Waals surface area contributed by atoms with Crippen LogP contribution in [0.25, 0.3) is 0 Å². The topological polar surface area (TPSA) is 97.0 Å². The number of nitriles is 1. The Hall–Kier alpha value is -1.58.